The minimum Gasteiger partial charge on any atom is -0.496 e. The highest BCUT2D eigenvalue weighted by Crippen LogP contribution is 2.40. The lowest BCUT2D eigenvalue weighted by atomic mass is 9.96. The Labute approximate surface area is 188 Å². The number of hydrogen-bond acceptors (Lipinski definition) is 3. The van der Waals surface area contributed by atoms with Crippen molar-refractivity contribution in [2.24, 2.45) is 5.92 Å². The van der Waals surface area contributed by atoms with Gasteiger partial charge in [-0.15, -0.1) is 0 Å². The molecule has 0 spiro atoms. The molecule has 1 aliphatic rings. The van der Waals surface area contributed by atoms with Gasteiger partial charge in [-0.25, -0.2) is 0 Å². The van der Waals surface area contributed by atoms with Crippen LogP contribution < -0.4 is 4.74 Å². The van der Waals surface area contributed by atoms with E-state index < -0.39 is 0 Å². The summed E-state index contributed by atoms with van der Waals surface area (Å²) in [5.74, 6) is 1.35. The van der Waals surface area contributed by atoms with E-state index in [0.29, 0.717) is 10.9 Å². The van der Waals surface area contributed by atoms with Crippen molar-refractivity contribution in [1.82, 2.24) is 4.90 Å². The van der Waals surface area contributed by atoms with Gasteiger partial charge in [0.15, 0.2) is 0 Å². The first-order valence-electron chi connectivity index (χ1n) is 10.7. The number of carbonyl (C=O) groups is 1. The molecule has 1 atom stereocenters. The molecule has 0 radical (unpaired) electrons. The molecule has 0 aliphatic carbocycles. The molecule has 2 aromatic carbocycles. The van der Waals surface area contributed by atoms with Crippen LogP contribution >= 0.6 is 11.6 Å². The Kier molecular flexibility index (Phi) is 6.10. The van der Waals surface area contributed by atoms with Crippen molar-refractivity contribution in [1.29, 1.82) is 0 Å². The van der Waals surface area contributed by atoms with Gasteiger partial charge in [0.1, 0.15) is 11.3 Å². The number of halogens is 1. The molecule has 1 amide bonds. The van der Waals surface area contributed by atoms with E-state index in [1.54, 1.807) is 19.4 Å². The van der Waals surface area contributed by atoms with E-state index in [1.165, 1.54) is 6.42 Å². The summed E-state index contributed by atoms with van der Waals surface area (Å²) in [4.78, 5) is 14.9. The first-order chi connectivity index (χ1) is 14.9. The topological polar surface area (TPSA) is 42.7 Å². The van der Waals surface area contributed by atoms with E-state index in [2.05, 4.69) is 13.0 Å². The maximum absolute atomic E-state index is 12.9. The molecule has 1 aromatic heterocycles. The minimum atomic E-state index is 0.0639. The molecule has 0 N–H and O–H groups in total. The molecule has 1 unspecified atom stereocenters. The SMILES string of the molecule is COc1c(/C(C)=C/C(=O)N2CCCC(C)C2)cc2c(-c3ccc(Cl)cc3)coc2c1C. The Hall–Kier alpha value is -2.72. The molecule has 1 saturated heterocycles. The highest BCUT2D eigenvalue weighted by Gasteiger charge is 2.22. The van der Waals surface area contributed by atoms with Crippen LogP contribution in [0.25, 0.3) is 27.7 Å². The van der Waals surface area contributed by atoms with Crippen molar-refractivity contribution in [2.45, 2.75) is 33.6 Å². The number of nitrogens with zero attached hydrogens (tertiary/aromatic N) is 1. The molecule has 2 heterocycles. The number of piperidine rings is 1. The second-order valence-corrected chi connectivity index (χ2v) is 8.91. The zero-order valence-corrected chi connectivity index (χ0v) is 19.3. The number of fused-ring (bicyclic) bond motifs is 1. The number of likely N-dealkylation sites (tertiary alicyclic amines) is 1. The van der Waals surface area contributed by atoms with E-state index in [4.69, 9.17) is 20.8 Å². The van der Waals surface area contributed by atoms with Gasteiger partial charge in [-0.2, -0.15) is 0 Å². The fourth-order valence-corrected chi connectivity index (χ4v) is 4.59. The standard InChI is InChI=1S/C26H28ClNO3/c1-16-6-5-11-28(14-16)24(29)12-17(2)21-13-22-23(19-7-9-20(27)10-8-19)15-31-26(22)18(3)25(21)30-4/h7-10,12-13,15-16H,5-6,11,14H2,1-4H3/b17-12+. The Bertz CT molecular complexity index is 1140. The lowest BCUT2D eigenvalue weighted by Crippen LogP contribution is -2.38. The second kappa shape index (κ2) is 8.80. The number of aryl methyl sites for hydroxylation is 1. The van der Waals surface area contributed by atoms with Crippen LogP contribution in [0.3, 0.4) is 0 Å². The van der Waals surface area contributed by atoms with Crippen molar-refractivity contribution in [3.63, 3.8) is 0 Å². The van der Waals surface area contributed by atoms with Crippen LogP contribution in [-0.2, 0) is 4.79 Å². The second-order valence-electron chi connectivity index (χ2n) is 8.47. The van der Waals surface area contributed by atoms with E-state index in [1.807, 2.05) is 43.0 Å². The summed E-state index contributed by atoms with van der Waals surface area (Å²) in [5.41, 5.74) is 5.51. The highest BCUT2D eigenvalue weighted by molar-refractivity contribution is 6.30. The third-order valence-electron chi connectivity index (χ3n) is 6.14. The monoisotopic (exact) mass is 437 g/mol. The molecule has 31 heavy (non-hydrogen) atoms. The number of ether oxygens (including phenoxy) is 1. The van der Waals surface area contributed by atoms with E-state index in [9.17, 15) is 4.79 Å². The number of hydrogen-bond donors (Lipinski definition) is 0. The van der Waals surface area contributed by atoms with Gasteiger partial charge in [-0.1, -0.05) is 30.7 Å². The maximum Gasteiger partial charge on any atom is 0.246 e. The average Bonchev–Trinajstić information content (AvgIpc) is 3.18. The zero-order valence-electron chi connectivity index (χ0n) is 18.5. The number of carbonyl (C=O) groups excluding carboxylic acids is 1. The van der Waals surface area contributed by atoms with Gasteiger partial charge in [-0.3, -0.25) is 4.79 Å². The van der Waals surface area contributed by atoms with E-state index >= 15 is 0 Å². The zero-order chi connectivity index (χ0) is 22.1. The van der Waals surface area contributed by atoms with E-state index in [0.717, 1.165) is 64.1 Å². The largest absolute Gasteiger partial charge is 0.496 e. The summed E-state index contributed by atoms with van der Waals surface area (Å²) in [6.45, 7) is 7.80. The lowest BCUT2D eigenvalue weighted by Gasteiger charge is -2.30. The maximum atomic E-state index is 12.9. The van der Waals surface area contributed by atoms with Crippen LogP contribution in [0.2, 0.25) is 5.02 Å². The first-order valence-corrected chi connectivity index (χ1v) is 11.1. The number of allylic oxidation sites excluding steroid dienone is 1. The van der Waals surface area contributed by atoms with Gasteiger partial charge in [0.25, 0.3) is 0 Å². The van der Waals surface area contributed by atoms with Crippen LogP contribution in [0, 0.1) is 12.8 Å². The third kappa shape index (κ3) is 4.22. The fourth-order valence-electron chi connectivity index (χ4n) is 4.47. The number of amides is 1. The third-order valence-corrected chi connectivity index (χ3v) is 6.39. The molecule has 1 fully saturated rings. The van der Waals surface area contributed by atoms with Crippen molar-refractivity contribution < 1.29 is 13.9 Å². The van der Waals surface area contributed by atoms with Gasteiger partial charge >= 0.3 is 0 Å². The molecule has 3 aromatic rings. The van der Waals surface area contributed by atoms with Crippen LogP contribution in [0.5, 0.6) is 5.75 Å². The number of furan rings is 1. The summed E-state index contributed by atoms with van der Waals surface area (Å²) >= 11 is 6.06. The molecule has 162 valence electrons. The quantitative estimate of drug-likeness (QED) is 0.425. The van der Waals surface area contributed by atoms with Crippen LogP contribution in [-0.4, -0.2) is 31.0 Å². The molecule has 1 aliphatic heterocycles. The fraction of sp³-hybridized carbons (Fsp3) is 0.346. The van der Waals surface area contributed by atoms with Gasteiger partial charge < -0.3 is 14.1 Å². The first kappa shape index (κ1) is 21.5. The van der Waals surface area contributed by atoms with Gasteiger partial charge in [0.2, 0.25) is 5.91 Å². The summed E-state index contributed by atoms with van der Waals surface area (Å²) in [5, 5.41) is 1.68. The van der Waals surface area contributed by atoms with Gasteiger partial charge in [-0.05, 0) is 61.9 Å². The van der Waals surface area contributed by atoms with Crippen LogP contribution in [0.4, 0.5) is 0 Å². The Balaban J connectivity index is 1.78. The van der Waals surface area contributed by atoms with Gasteiger partial charge in [0, 0.05) is 46.3 Å². The molecule has 5 heteroatoms. The Morgan fingerprint density at radius 2 is 2.03 bits per heavy atom. The van der Waals surface area contributed by atoms with Crippen molar-refractivity contribution in [3.05, 3.63) is 58.8 Å². The van der Waals surface area contributed by atoms with Crippen LogP contribution in [0.15, 0.2) is 47.1 Å². The number of methoxy groups -OCH3 is 1. The lowest BCUT2D eigenvalue weighted by molar-refractivity contribution is -0.127. The number of rotatable bonds is 4. The normalized spacial score (nSPS) is 17.3. The molecular formula is C26H28ClNO3. The highest BCUT2D eigenvalue weighted by atomic mass is 35.5. The molecular weight excluding hydrogens is 410 g/mol. The molecule has 0 saturated carbocycles. The van der Waals surface area contributed by atoms with Crippen molar-refractivity contribution >= 4 is 34.1 Å². The van der Waals surface area contributed by atoms with Crippen molar-refractivity contribution in [2.75, 3.05) is 20.2 Å². The minimum absolute atomic E-state index is 0.0639. The predicted molar refractivity (Wildman–Crippen MR) is 127 cm³/mol. The molecule has 4 nitrogen and oxygen atoms in total. The predicted octanol–water partition coefficient (Wildman–Crippen LogP) is 6.73. The Morgan fingerprint density at radius 1 is 1.29 bits per heavy atom. The smallest absolute Gasteiger partial charge is 0.246 e. The van der Waals surface area contributed by atoms with E-state index in [-0.39, 0.29) is 5.91 Å². The van der Waals surface area contributed by atoms with Crippen LogP contribution in [0.1, 0.15) is 37.8 Å². The van der Waals surface area contributed by atoms with Gasteiger partial charge in [0.05, 0.1) is 13.4 Å². The molecule has 0 bridgehead atoms. The molecule has 4 rings (SSSR count). The summed E-state index contributed by atoms with van der Waals surface area (Å²) in [6, 6.07) is 9.77. The summed E-state index contributed by atoms with van der Waals surface area (Å²) in [7, 11) is 1.65. The summed E-state index contributed by atoms with van der Waals surface area (Å²) in [6.07, 6.45) is 5.75. The Morgan fingerprint density at radius 3 is 2.71 bits per heavy atom. The van der Waals surface area contributed by atoms with Crippen molar-refractivity contribution in [3.8, 4) is 16.9 Å². The average molecular weight is 438 g/mol. The number of benzene rings is 2. The summed E-state index contributed by atoms with van der Waals surface area (Å²) < 4.78 is 11.7.